The quantitative estimate of drug-likeness (QED) is 0.116. The molecule has 0 aliphatic heterocycles. The zero-order valence-corrected chi connectivity index (χ0v) is 68.3. The van der Waals surface area contributed by atoms with Gasteiger partial charge in [-0.3, -0.25) is 4.57 Å². The van der Waals surface area contributed by atoms with Gasteiger partial charge in [-0.1, -0.05) is 261 Å². The van der Waals surface area contributed by atoms with Crippen LogP contribution in [0.15, 0.2) is 449 Å². The smallest absolute Gasteiger partial charge is 0.235 e. The van der Waals surface area contributed by atoms with Gasteiger partial charge in [-0.2, -0.15) is 0 Å². The van der Waals surface area contributed by atoms with Crippen molar-refractivity contribution in [3.05, 3.63) is 449 Å². The van der Waals surface area contributed by atoms with Gasteiger partial charge < -0.3 is 22.8 Å². The first-order chi connectivity index (χ1) is 62.5. The van der Waals surface area contributed by atoms with Gasteiger partial charge >= 0.3 is 0 Å². The summed E-state index contributed by atoms with van der Waals surface area (Å²) in [5, 5.41) is 14.1. The minimum absolute atomic E-state index is 0.559. The van der Waals surface area contributed by atoms with Gasteiger partial charge in [-0.15, -0.1) is 0 Å². The molecule has 26 rings (SSSR count). The van der Waals surface area contributed by atoms with E-state index < -0.39 is 0 Å². The van der Waals surface area contributed by atoms with Gasteiger partial charge in [0.1, 0.15) is 0 Å². The van der Waals surface area contributed by atoms with E-state index in [4.69, 9.17) is 9.97 Å². The van der Waals surface area contributed by atoms with E-state index in [0.717, 1.165) is 161 Å². The fourth-order valence-corrected chi connectivity index (χ4v) is 20.5. The molecular weight excluding hydrogens is 1530 g/mol. The lowest BCUT2D eigenvalue weighted by Crippen LogP contribution is -2.04. The van der Waals surface area contributed by atoms with Crippen molar-refractivity contribution < 1.29 is 0 Å². The Morgan fingerprint density at radius 1 is 0.127 bits per heavy atom. The summed E-state index contributed by atoms with van der Waals surface area (Å²) >= 11 is 0. The van der Waals surface area contributed by atoms with E-state index in [9.17, 15) is 0 Å². The fraction of sp³-hybridized carbons (Fsp3) is 0. The topological polar surface area (TPSA) is 55.4 Å². The molecular formula is C118H74N8. The van der Waals surface area contributed by atoms with Crippen LogP contribution in [0.25, 0.3) is 243 Å². The second-order valence-electron chi connectivity index (χ2n) is 33.2. The predicted octanol–water partition coefficient (Wildman–Crippen LogP) is 30.7. The Balaban J connectivity index is 0.671. The van der Waals surface area contributed by atoms with Gasteiger partial charge in [-0.05, 0) is 244 Å². The highest BCUT2D eigenvalue weighted by Crippen LogP contribution is 2.47. The third kappa shape index (κ3) is 11.2. The van der Waals surface area contributed by atoms with Crippen molar-refractivity contribution in [2.45, 2.75) is 0 Å². The van der Waals surface area contributed by atoms with Crippen LogP contribution < -0.4 is 0 Å². The maximum Gasteiger partial charge on any atom is 0.235 e. The first kappa shape index (κ1) is 70.9. The Morgan fingerprint density at radius 3 is 0.683 bits per heavy atom. The molecule has 7 aromatic heterocycles. The molecule has 0 fully saturated rings. The molecule has 0 bridgehead atoms. The van der Waals surface area contributed by atoms with Crippen LogP contribution in [-0.4, -0.2) is 37.4 Å². The summed E-state index contributed by atoms with van der Waals surface area (Å²) in [7, 11) is 0. The van der Waals surface area contributed by atoms with E-state index >= 15 is 0 Å². The van der Waals surface area contributed by atoms with E-state index in [2.05, 4.69) is 476 Å². The first-order valence-electron chi connectivity index (χ1n) is 43.2. The molecule has 0 unspecified atom stereocenters. The molecule has 8 heteroatoms. The summed E-state index contributed by atoms with van der Waals surface area (Å²) in [6.07, 6.45) is 0. The van der Waals surface area contributed by atoms with Gasteiger partial charge in [-0.25, -0.2) is 9.97 Å². The zero-order valence-electron chi connectivity index (χ0n) is 68.3. The molecule has 0 amide bonds. The lowest BCUT2D eigenvalue weighted by atomic mass is 9.97. The number of aromatic nitrogens is 8. The van der Waals surface area contributed by atoms with Crippen LogP contribution in [0, 0.1) is 0 Å². The number of hydrogen-bond acceptors (Lipinski definition) is 2. The zero-order chi connectivity index (χ0) is 82.6. The lowest BCUT2D eigenvalue weighted by molar-refractivity contribution is 0.995. The molecule has 0 spiro atoms. The third-order valence-corrected chi connectivity index (χ3v) is 26.2. The number of benzene rings is 19. The van der Waals surface area contributed by atoms with Crippen molar-refractivity contribution in [2.75, 3.05) is 0 Å². The molecule has 0 saturated carbocycles. The van der Waals surface area contributed by atoms with Gasteiger partial charge in [0, 0.05) is 104 Å². The van der Waals surface area contributed by atoms with Crippen molar-refractivity contribution >= 4 is 131 Å². The number of para-hydroxylation sites is 8. The highest BCUT2D eigenvalue weighted by atomic mass is 15.2. The normalized spacial score (nSPS) is 12.0. The minimum Gasteiger partial charge on any atom is -0.309 e. The van der Waals surface area contributed by atoms with Crippen LogP contribution in [0.2, 0.25) is 0 Å². The maximum absolute atomic E-state index is 5.91. The Morgan fingerprint density at radius 2 is 0.357 bits per heavy atom. The van der Waals surface area contributed by atoms with Crippen molar-refractivity contribution in [1.82, 2.24) is 37.4 Å². The molecule has 7 heterocycles. The van der Waals surface area contributed by atoms with E-state index in [-0.39, 0.29) is 0 Å². The summed E-state index contributed by atoms with van der Waals surface area (Å²) in [5.74, 6) is 0.559. The van der Waals surface area contributed by atoms with E-state index in [1.807, 2.05) is 0 Å². The fourth-order valence-electron chi connectivity index (χ4n) is 20.5. The Bertz CT molecular complexity index is 8520. The second kappa shape index (κ2) is 28.3. The summed E-state index contributed by atoms with van der Waals surface area (Å²) < 4.78 is 14.3. The third-order valence-electron chi connectivity index (χ3n) is 26.2. The average Bonchev–Trinajstić information content (AvgIpc) is 1.57. The van der Waals surface area contributed by atoms with Crippen molar-refractivity contribution in [3.8, 4) is 113 Å². The molecule has 0 aliphatic rings. The summed E-state index contributed by atoms with van der Waals surface area (Å²) in [4.78, 5) is 11.8. The summed E-state index contributed by atoms with van der Waals surface area (Å²) in [5.41, 5.74) is 33.8. The highest BCUT2D eigenvalue weighted by molar-refractivity contribution is 6.18. The van der Waals surface area contributed by atoms with Gasteiger partial charge in [0.2, 0.25) is 5.95 Å². The van der Waals surface area contributed by atoms with Crippen molar-refractivity contribution in [3.63, 3.8) is 0 Å². The van der Waals surface area contributed by atoms with Gasteiger partial charge in [0.15, 0.2) is 0 Å². The van der Waals surface area contributed by atoms with Crippen molar-refractivity contribution in [2.24, 2.45) is 0 Å². The van der Waals surface area contributed by atoms with E-state index in [1.54, 1.807) is 0 Å². The van der Waals surface area contributed by atoms with Crippen LogP contribution >= 0.6 is 0 Å². The second-order valence-corrected chi connectivity index (χ2v) is 33.2. The predicted molar refractivity (Wildman–Crippen MR) is 526 cm³/mol. The molecule has 19 aromatic carbocycles. The number of fused-ring (bicyclic) bond motifs is 18. The molecule has 26 aromatic rings. The monoisotopic (exact) mass is 1600 g/mol. The van der Waals surface area contributed by atoms with Crippen molar-refractivity contribution in [1.29, 1.82) is 0 Å². The van der Waals surface area contributed by atoms with Crippen LogP contribution in [-0.2, 0) is 0 Å². The molecule has 0 N–H and O–H groups in total. The van der Waals surface area contributed by atoms with Crippen LogP contribution in [0.3, 0.4) is 0 Å². The number of hydrogen-bond donors (Lipinski definition) is 0. The molecule has 0 saturated heterocycles. The summed E-state index contributed by atoms with van der Waals surface area (Å²) in [6.45, 7) is 0. The van der Waals surface area contributed by atoms with E-state index in [0.29, 0.717) is 5.95 Å². The summed E-state index contributed by atoms with van der Waals surface area (Å²) in [6, 6.07) is 165. The lowest BCUT2D eigenvalue weighted by Gasteiger charge is -2.15. The van der Waals surface area contributed by atoms with Crippen LogP contribution in [0.1, 0.15) is 0 Å². The number of nitrogens with zero attached hydrogens (tertiary/aromatic N) is 8. The standard InChI is InChI=1S/C118H74N8/c1-6-27-75(28-7-1)90-39-16-17-40-91(90)105-74-104(119-118(120-105)126-116-63-55-82(78-51-59-112-98(68-78)94-43-20-24-47-108(94)123(112)87-34-12-4-13-35-87)72-102(116)103-73-83(56-64-117(103)126)79-52-60-113-99(69-79)95-44-21-25-48-109(95)124(113)88-36-14-5-15-37-88)84-29-26-38-89(65-84)125-114-61-53-80(76-49-57-110-96(66-76)92-41-18-22-45-106(92)121(110)85-30-8-2-9-31-85)70-100(114)101-71-81(54-62-115(101)125)77-50-58-111-97(67-77)93-42-19-23-46-107(93)122(111)86-32-10-3-11-33-86/h1-74H. The highest BCUT2D eigenvalue weighted by Gasteiger charge is 2.26. The largest absolute Gasteiger partial charge is 0.309 e. The Kier molecular flexibility index (Phi) is 15.9. The molecule has 126 heavy (non-hydrogen) atoms. The van der Waals surface area contributed by atoms with Crippen LogP contribution in [0.5, 0.6) is 0 Å². The minimum atomic E-state index is 0.559. The van der Waals surface area contributed by atoms with Gasteiger partial charge in [0.25, 0.3) is 0 Å². The number of rotatable bonds is 13. The average molecular weight is 1600 g/mol. The Labute approximate surface area is 724 Å². The van der Waals surface area contributed by atoms with Crippen LogP contribution in [0.4, 0.5) is 0 Å². The maximum atomic E-state index is 5.91. The molecule has 0 atom stereocenters. The molecule has 586 valence electrons. The van der Waals surface area contributed by atoms with E-state index in [1.165, 1.54) is 76.2 Å². The first-order valence-corrected chi connectivity index (χ1v) is 43.2. The SMILES string of the molecule is c1ccc(-c2ccccc2-c2cc(-c3cccc(-n4c5ccc(-c6ccc7c(c6)c6ccccc6n7-c6ccccc6)cc5c5cc(-c6ccc7c(c6)c6ccccc6n7-c6ccccc6)ccc54)c3)nc(-n3c4ccc(-c5ccc6c(c5)c5ccccc5n6-c5ccccc5)cc4c4cc(-c5ccc6c(c5)c5ccccc5n6-c5ccccc5)ccc43)n2)cc1. The molecule has 0 aliphatic carbocycles. The molecule has 0 radical (unpaired) electrons. The molecule has 8 nitrogen and oxygen atoms in total. The van der Waals surface area contributed by atoms with Gasteiger partial charge in [0.05, 0.1) is 77.6 Å². The Hall–Kier alpha value is -16.9.